The van der Waals surface area contributed by atoms with E-state index in [0.717, 1.165) is 6.07 Å². The predicted octanol–water partition coefficient (Wildman–Crippen LogP) is 2.76. The predicted molar refractivity (Wildman–Crippen MR) is 86.3 cm³/mol. The topological polar surface area (TPSA) is 75.3 Å². The number of anilines is 1. The third-order valence-electron chi connectivity index (χ3n) is 2.90. The summed E-state index contributed by atoms with van der Waals surface area (Å²) in [5.74, 6) is -0.905. The maximum absolute atomic E-state index is 13.1. The van der Waals surface area contributed by atoms with Crippen LogP contribution in [0.25, 0.3) is 0 Å². The Balaban J connectivity index is 2.28. The summed E-state index contributed by atoms with van der Waals surface area (Å²) < 4.78 is 40.1. The highest BCUT2D eigenvalue weighted by Gasteiger charge is 2.17. The first kappa shape index (κ1) is 17.0. The number of halogens is 1. The zero-order chi connectivity index (χ0) is 17.0. The second-order valence-corrected chi connectivity index (χ2v) is 6.95. The number of amides is 1. The highest BCUT2D eigenvalue weighted by Crippen LogP contribution is 2.18. The molecule has 0 aromatic heterocycles. The lowest BCUT2D eigenvalue weighted by molar-refractivity contribution is 0.0943. The van der Waals surface area contributed by atoms with Crippen LogP contribution in [0.1, 0.15) is 24.2 Å². The van der Waals surface area contributed by atoms with Gasteiger partial charge in [0.05, 0.1) is 10.6 Å². The Hall–Kier alpha value is -2.41. The molecule has 2 N–H and O–H groups in total. The second kappa shape index (κ2) is 6.78. The monoisotopic (exact) mass is 336 g/mol. The van der Waals surface area contributed by atoms with Crippen molar-refractivity contribution in [2.24, 2.45) is 0 Å². The number of benzene rings is 2. The molecule has 0 atom stereocenters. The summed E-state index contributed by atoms with van der Waals surface area (Å²) in [6.07, 6.45) is 0. The normalized spacial score (nSPS) is 11.3. The molecule has 0 saturated heterocycles. The molecule has 2 aromatic carbocycles. The molecule has 2 rings (SSSR count). The second-order valence-electron chi connectivity index (χ2n) is 5.27. The third-order valence-corrected chi connectivity index (χ3v) is 4.28. The average Bonchev–Trinajstić information content (AvgIpc) is 2.46. The van der Waals surface area contributed by atoms with Gasteiger partial charge >= 0.3 is 0 Å². The molecule has 5 nitrogen and oxygen atoms in total. The smallest absolute Gasteiger partial charge is 0.261 e. The van der Waals surface area contributed by atoms with Crippen LogP contribution >= 0.6 is 0 Å². The summed E-state index contributed by atoms with van der Waals surface area (Å²) in [7, 11) is -3.91. The average molecular weight is 336 g/mol. The van der Waals surface area contributed by atoms with Gasteiger partial charge in [-0.1, -0.05) is 12.1 Å². The van der Waals surface area contributed by atoms with Crippen molar-refractivity contribution in [2.75, 3.05) is 4.72 Å². The summed E-state index contributed by atoms with van der Waals surface area (Å²) in [6, 6.07) is 10.7. The van der Waals surface area contributed by atoms with E-state index in [1.165, 1.54) is 42.5 Å². The van der Waals surface area contributed by atoms with Crippen molar-refractivity contribution in [3.05, 3.63) is 59.9 Å². The zero-order valence-corrected chi connectivity index (χ0v) is 13.5. The highest BCUT2D eigenvalue weighted by molar-refractivity contribution is 7.92. The Morgan fingerprint density at radius 3 is 2.43 bits per heavy atom. The lowest BCUT2D eigenvalue weighted by Crippen LogP contribution is -2.30. The molecule has 0 bridgehead atoms. The van der Waals surface area contributed by atoms with Crippen LogP contribution in [0.15, 0.2) is 53.4 Å². The molecule has 0 fully saturated rings. The fraction of sp³-hybridized carbons (Fsp3) is 0.188. The summed E-state index contributed by atoms with van der Waals surface area (Å²) in [4.78, 5) is 11.9. The van der Waals surface area contributed by atoms with Gasteiger partial charge in [0.15, 0.2) is 0 Å². The first-order valence-corrected chi connectivity index (χ1v) is 8.45. The van der Waals surface area contributed by atoms with Crippen LogP contribution in [-0.2, 0) is 10.0 Å². The molecule has 122 valence electrons. The van der Waals surface area contributed by atoms with E-state index < -0.39 is 15.8 Å². The first-order chi connectivity index (χ1) is 10.8. The van der Waals surface area contributed by atoms with Crippen LogP contribution in [0, 0.1) is 5.82 Å². The van der Waals surface area contributed by atoms with E-state index in [0.29, 0.717) is 0 Å². The van der Waals surface area contributed by atoms with Gasteiger partial charge in [-0.15, -0.1) is 0 Å². The third kappa shape index (κ3) is 4.53. The van der Waals surface area contributed by atoms with Crippen LogP contribution in [-0.4, -0.2) is 20.4 Å². The molecular formula is C16H17FN2O3S. The maximum Gasteiger partial charge on any atom is 0.261 e. The van der Waals surface area contributed by atoms with Crippen molar-refractivity contribution in [1.29, 1.82) is 0 Å². The molecule has 0 spiro atoms. The number of nitrogens with one attached hydrogen (secondary N) is 2. The molecule has 0 aliphatic rings. The molecule has 2 aromatic rings. The van der Waals surface area contributed by atoms with E-state index in [1.54, 1.807) is 0 Å². The Morgan fingerprint density at radius 1 is 1.09 bits per heavy atom. The van der Waals surface area contributed by atoms with Crippen LogP contribution in [0.2, 0.25) is 0 Å². The minimum atomic E-state index is -3.91. The van der Waals surface area contributed by atoms with Gasteiger partial charge in [-0.25, -0.2) is 12.8 Å². The minimum Gasteiger partial charge on any atom is -0.350 e. The molecule has 0 saturated carbocycles. The van der Waals surface area contributed by atoms with Crippen LogP contribution in [0.3, 0.4) is 0 Å². The number of sulfonamides is 1. The van der Waals surface area contributed by atoms with E-state index in [2.05, 4.69) is 10.0 Å². The summed E-state index contributed by atoms with van der Waals surface area (Å²) in [6.45, 7) is 3.62. The van der Waals surface area contributed by atoms with Crippen molar-refractivity contribution < 1.29 is 17.6 Å². The fourth-order valence-corrected chi connectivity index (χ4v) is 3.01. The van der Waals surface area contributed by atoms with Crippen LogP contribution < -0.4 is 10.0 Å². The van der Waals surface area contributed by atoms with Gasteiger partial charge in [0.1, 0.15) is 5.82 Å². The quantitative estimate of drug-likeness (QED) is 0.881. The molecule has 7 heteroatoms. The molecule has 1 amide bonds. The summed E-state index contributed by atoms with van der Waals surface area (Å²) >= 11 is 0. The Bertz CT molecular complexity index is 820. The Kier molecular flexibility index (Phi) is 5.00. The van der Waals surface area contributed by atoms with E-state index in [1.807, 2.05) is 13.8 Å². The number of hydrogen-bond donors (Lipinski definition) is 2. The zero-order valence-electron chi connectivity index (χ0n) is 12.7. The largest absolute Gasteiger partial charge is 0.350 e. The molecular weight excluding hydrogens is 319 g/mol. The summed E-state index contributed by atoms with van der Waals surface area (Å²) in [5, 5.41) is 2.69. The van der Waals surface area contributed by atoms with Crippen molar-refractivity contribution in [3.63, 3.8) is 0 Å². The number of rotatable bonds is 5. The van der Waals surface area contributed by atoms with Gasteiger partial charge in [-0.3, -0.25) is 9.52 Å². The van der Waals surface area contributed by atoms with E-state index in [-0.39, 0.29) is 28.1 Å². The molecule has 23 heavy (non-hydrogen) atoms. The first-order valence-electron chi connectivity index (χ1n) is 6.97. The fourth-order valence-electron chi connectivity index (χ4n) is 1.92. The van der Waals surface area contributed by atoms with Gasteiger partial charge < -0.3 is 5.32 Å². The van der Waals surface area contributed by atoms with E-state index >= 15 is 0 Å². The van der Waals surface area contributed by atoms with Gasteiger partial charge in [-0.2, -0.15) is 0 Å². The van der Waals surface area contributed by atoms with Crippen molar-refractivity contribution >= 4 is 21.6 Å². The molecule has 0 radical (unpaired) electrons. The number of carbonyl (C=O) groups is 1. The maximum atomic E-state index is 13.1. The van der Waals surface area contributed by atoms with Gasteiger partial charge in [0, 0.05) is 11.6 Å². The number of hydrogen-bond acceptors (Lipinski definition) is 3. The van der Waals surface area contributed by atoms with Gasteiger partial charge in [0.25, 0.3) is 15.9 Å². The lowest BCUT2D eigenvalue weighted by Gasteiger charge is -2.11. The van der Waals surface area contributed by atoms with Gasteiger partial charge in [-0.05, 0) is 50.2 Å². The van der Waals surface area contributed by atoms with E-state index in [4.69, 9.17) is 0 Å². The SMILES string of the molecule is CC(C)NC(=O)c1cccc(S(=O)(=O)Nc2cccc(F)c2)c1. The van der Waals surface area contributed by atoms with Crippen LogP contribution in [0.5, 0.6) is 0 Å². The highest BCUT2D eigenvalue weighted by atomic mass is 32.2. The van der Waals surface area contributed by atoms with Crippen molar-refractivity contribution in [2.45, 2.75) is 24.8 Å². The number of carbonyl (C=O) groups excluding carboxylic acids is 1. The van der Waals surface area contributed by atoms with Crippen molar-refractivity contribution in [3.8, 4) is 0 Å². The van der Waals surface area contributed by atoms with Crippen molar-refractivity contribution in [1.82, 2.24) is 5.32 Å². The Labute approximate surface area is 134 Å². The minimum absolute atomic E-state index is 0.0619. The summed E-state index contributed by atoms with van der Waals surface area (Å²) in [5.41, 5.74) is 0.350. The van der Waals surface area contributed by atoms with E-state index in [9.17, 15) is 17.6 Å². The standard InChI is InChI=1S/C16H17FN2O3S/c1-11(2)18-16(20)12-5-3-8-15(9-12)23(21,22)19-14-7-4-6-13(17)10-14/h3-11,19H,1-2H3,(H,18,20). The Morgan fingerprint density at radius 2 is 1.78 bits per heavy atom. The lowest BCUT2D eigenvalue weighted by atomic mass is 10.2. The molecule has 0 heterocycles. The van der Waals surface area contributed by atoms with Crippen LogP contribution in [0.4, 0.5) is 10.1 Å². The molecule has 0 aliphatic heterocycles. The van der Waals surface area contributed by atoms with Gasteiger partial charge in [0.2, 0.25) is 0 Å². The molecule has 0 aliphatic carbocycles. The molecule has 0 unspecified atom stereocenters.